The van der Waals surface area contributed by atoms with Crippen LogP contribution >= 0.6 is 0 Å². The molecule has 0 aliphatic heterocycles. The van der Waals surface area contributed by atoms with Gasteiger partial charge in [0.1, 0.15) is 0 Å². The van der Waals surface area contributed by atoms with Gasteiger partial charge in [-0.3, -0.25) is 4.68 Å². The van der Waals surface area contributed by atoms with Crippen LogP contribution < -0.4 is 5.32 Å². The van der Waals surface area contributed by atoms with Gasteiger partial charge < -0.3 is 5.32 Å². The zero-order valence-corrected chi connectivity index (χ0v) is 12.8. The summed E-state index contributed by atoms with van der Waals surface area (Å²) in [6, 6.07) is 2.88. The Balaban J connectivity index is 1.88. The Labute approximate surface area is 117 Å². The lowest BCUT2D eigenvalue weighted by atomic mass is 9.84. The summed E-state index contributed by atoms with van der Waals surface area (Å²) in [5.74, 6) is 0.873. The highest BCUT2D eigenvalue weighted by Gasteiger charge is 2.19. The number of hydrogen-bond donors (Lipinski definition) is 1. The highest BCUT2D eigenvalue weighted by atomic mass is 15.3. The maximum absolute atomic E-state index is 4.61. The first kappa shape index (κ1) is 14.6. The molecule has 3 nitrogen and oxygen atoms in total. The molecule has 0 spiro atoms. The molecule has 1 heterocycles. The van der Waals surface area contributed by atoms with Crippen LogP contribution in [0, 0.1) is 5.92 Å². The Bertz CT molecular complexity index is 377. The number of rotatable bonds is 6. The predicted octanol–water partition coefficient (Wildman–Crippen LogP) is 3.52. The maximum atomic E-state index is 4.61. The zero-order chi connectivity index (χ0) is 13.7. The fraction of sp³-hybridized carbons (Fsp3) is 0.812. The van der Waals surface area contributed by atoms with Crippen molar-refractivity contribution in [3.05, 3.63) is 17.5 Å². The van der Waals surface area contributed by atoms with Gasteiger partial charge in [0, 0.05) is 19.1 Å². The van der Waals surface area contributed by atoms with Crippen molar-refractivity contribution in [2.24, 2.45) is 5.92 Å². The van der Waals surface area contributed by atoms with Crippen molar-refractivity contribution >= 4 is 0 Å². The van der Waals surface area contributed by atoms with E-state index in [1.165, 1.54) is 43.5 Å². The predicted molar refractivity (Wildman–Crippen MR) is 80.2 cm³/mol. The summed E-state index contributed by atoms with van der Waals surface area (Å²) in [6.45, 7) is 8.61. The van der Waals surface area contributed by atoms with E-state index >= 15 is 0 Å². The first-order valence-electron chi connectivity index (χ1n) is 8.03. The highest BCUT2D eigenvalue weighted by molar-refractivity contribution is 5.10. The second-order valence-electron chi connectivity index (χ2n) is 5.86. The third-order valence-corrected chi connectivity index (χ3v) is 4.54. The van der Waals surface area contributed by atoms with Gasteiger partial charge in [-0.1, -0.05) is 26.2 Å². The molecule has 1 aliphatic rings. The van der Waals surface area contributed by atoms with Crippen LogP contribution in [-0.2, 0) is 19.5 Å². The molecule has 0 bridgehead atoms. The van der Waals surface area contributed by atoms with E-state index < -0.39 is 0 Å². The Morgan fingerprint density at radius 1 is 1.32 bits per heavy atom. The average molecular weight is 263 g/mol. The summed E-state index contributed by atoms with van der Waals surface area (Å²) in [5.41, 5.74) is 2.55. The molecule has 1 aliphatic carbocycles. The molecule has 0 amide bonds. The highest BCUT2D eigenvalue weighted by Crippen LogP contribution is 2.26. The molecular weight excluding hydrogens is 234 g/mol. The van der Waals surface area contributed by atoms with Crippen LogP contribution in [0.5, 0.6) is 0 Å². The summed E-state index contributed by atoms with van der Waals surface area (Å²) in [6.07, 6.45) is 8.11. The van der Waals surface area contributed by atoms with Gasteiger partial charge in [-0.15, -0.1) is 0 Å². The summed E-state index contributed by atoms with van der Waals surface area (Å²) in [4.78, 5) is 0. The third kappa shape index (κ3) is 3.82. The molecular formula is C16H29N3. The molecule has 108 valence electrons. The lowest BCUT2D eigenvalue weighted by Crippen LogP contribution is -2.34. The molecule has 19 heavy (non-hydrogen) atoms. The second kappa shape index (κ2) is 7.09. The fourth-order valence-corrected chi connectivity index (χ4v) is 3.17. The van der Waals surface area contributed by atoms with Crippen molar-refractivity contribution in [2.45, 2.75) is 78.4 Å². The SMILES string of the molecule is CCc1cc(CN[C@@H](C)C2CCCCC2)n(CC)n1. The smallest absolute Gasteiger partial charge is 0.0625 e. The molecule has 1 fully saturated rings. The molecule has 1 saturated carbocycles. The lowest BCUT2D eigenvalue weighted by molar-refractivity contribution is 0.279. The van der Waals surface area contributed by atoms with Crippen LogP contribution in [0.3, 0.4) is 0 Å². The van der Waals surface area contributed by atoms with Gasteiger partial charge in [-0.25, -0.2) is 0 Å². The molecule has 1 aromatic rings. The van der Waals surface area contributed by atoms with Crippen LogP contribution in [0.1, 0.15) is 64.3 Å². The molecule has 0 unspecified atom stereocenters. The Morgan fingerprint density at radius 2 is 2.05 bits per heavy atom. The van der Waals surface area contributed by atoms with Crippen LogP contribution in [0.2, 0.25) is 0 Å². The van der Waals surface area contributed by atoms with Crippen molar-refractivity contribution in [3.8, 4) is 0 Å². The molecule has 1 atom stereocenters. The van der Waals surface area contributed by atoms with E-state index in [2.05, 4.69) is 41.9 Å². The summed E-state index contributed by atoms with van der Waals surface area (Å²) in [7, 11) is 0. The van der Waals surface area contributed by atoms with Crippen LogP contribution in [0.4, 0.5) is 0 Å². The van der Waals surface area contributed by atoms with Crippen molar-refractivity contribution < 1.29 is 0 Å². The quantitative estimate of drug-likeness (QED) is 0.851. The molecule has 0 saturated heterocycles. The van der Waals surface area contributed by atoms with Gasteiger partial charge in [0.25, 0.3) is 0 Å². The van der Waals surface area contributed by atoms with Crippen molar-refractivity contribution in [1.29, 1.82) is 0 Å². The van der Waals surface area contributed by atoms with Gasteiger partial charge in [-0.05, 0) is 45.1 Å². The van der Waals surface area contributed by atoms with Gasteiger partial charge in [0.05, 0.1) is 11.4 Å². The van der Waals surface area contributed by atoms with E-state index in [1.807, 2.05) is 0 Å². The molecule has 2 rings (SSSR count). The van der Waals surface area contributed by atoms with E-state index in [4.69, 9.17) is 0 Å². The van der Waals surface area contributed by atoms with Crippen LogP contribution in [0.25, 0.3) is 0 Å². The lowest BCUT2D eigenvalue weighted by Gasteiger charge is -2.28. The third-order valence-electron chi connectivity index (χ3n) is 4.54. The number of aryl methyl sites for hydroxylation is 2. The van der Waals surface area contributed by atoms with Crippen molar-refractivity contribution in [3.63, 3.8) is 0 Å². The van der Waals surface area contributed by atoms with E-state index in [0.29, 0.717) is 6.04 Å². The molecule has 1 aromatic heterocycles. The van der Waals surface area contributed by atoms with Gasteiger partial charge in [0.2, 0.25) is 0 Å². The van der Waals surface area contributed by atoms with E-state index in [0.717, 1.165) is 25.4 Å². The molecule has 1 N–H and O–H groups in total. The first-order chi connectivity index (χ1) is 9.24. The summed E-state index contributed by atoms with van der Waals surface area (Å²) < 4.78 is 2.14. The summed E-state index contributed by atoms with van der Waals surface area (Å²) >= 11 is 0. The number of nitrogens with zero attached hydrogens (tertiary/aromatic N) is 2. The van der Waals surface area contributed by atoms with Crippen LogP contribution in [0.15, 0.2) is 6.07 Å². The molecule has 3 heteroatoms. The number of hydrogen-bond acceptors (Lipinski definition) is 2. The second-order valence-corrected chi connectivity index (χ2v) is 5.86. The Kier molecular flexibility index (Phi) is 5.44. The Hall–Kier alpha value is -0.830. The zero-order valence-electron chi connectivity index (χ0n) is 12.8. The van der Waals surface area contributed by atoms with Crippen molar-refractivity contribution in [2.75, 3.05) is 0 Å². The monoisotopic (exact) mass is 263 g/mol. The summed E-state index contributed by atoms with van der Waals surface area (Å²) in [5, 5.41) is 8.33. The Morgan fingerprint density at radius 3 is 2.68 bits per heavy atom. The maximum Gasteiger partial charge on any atom is 0.0625 e. The number of aromatic nitrogens is 2. The van der Waals surface area contributed by atoms with Gasteiger partial charge in [0.15, 0.2) is 0 Å². The minimum atomic E-state index is 0.630. The average Bonchev–Trinajstić information content (AvgIpc) is 2.88. The fourth-order valence-electron chi connectivity index (χ4n) is 3.17. The van der Waals surface area contributed by atoms with Crippen molar-refractivity contribution in [1.82, 2.24) is 15.1 Å². The standard InChI is InChI=1S/C16H29N3/c1-4-15-11-16(19(5-2)18-15)12-17-13(3)14-9-7-6-8-10-14/h11,13-14,17H,4-10,12H2,1-3H3/t13-/m0/s1. The normalized spacial score (nSPS) is 18.7. The van der Waals surface area contributed by atoms with E-state index in [9.17, 15) is 0 Å². The molecule has 0 radical (unpaired) electrons. The van der Waals surface area contributed by atoms with Gasteiger partial charge in [-0.2, -0.15) is 5.10 Å². The minimum absolute atomic E-state index is 0.630. The van der Waals surface area contributed by atoms with E-state index in [1.54, 1.807) is 0 Å². The first-order valence-corrected chi connectivity index (χ1v) is 8.03. The van der Waals surface area contributed by atoms with Crippen LogP contribution in [-0.4, -0.2) is 15.8 Å². The topological polar surface area (TPSA) is 29.9 Å². The molecule has 0 aromatic carbocycles. The largest absolute Gasteiger partial charge is 0.308 e. The van der Waals surface area contributed by atoms with E-state index in [-0.39, 0.29) is 0 Å². The minimum Gasteiger partial charge on any atom is -0.308 e. The van der Waals surface area contributed by atoms with Gasteiger partial charge >= 0.3 is 0 Å². The number of nitrogens with one attached hydrogen (secondary N) is 1.